The van der Waals surface area contributed by atoms with Gasteiger partial charge in [0.15, 0.2) is 0 Å². The molecule has 0 spiro atoms. The highest BCUT2D eigenvalue weighted by Gasteiger charge is 1.93. The normalized spacial score (nSPS) is 10.6. The average molecular weight is 152 g/mol. The second-order valence-electron chi connectivity index (χ2n) is 2.18. The molecule has 0 fully saturated rings. The van der Waals surface area contributed by atoms with E-state index in [0.29, 0.717) is 5.56 Å². The largest absolute Gasteiger partial charge is 0.411 e. The maximum Gasteiger partial charge on any atom is 0.248 e. The van der Waals surface area contributed by atoms with Gasteiger partial charge in [0.2, 0.25) is 5.56 Å². The fourth-order valence-corrected chi connectivity index (χ4v) is 0.786. The summed E-state index contributed by atoms with van der Waals surface area (Å²) in [5.74, 6) is 0. The minimum absolute atomic E-state index is 0.155. The highest BCUT2D eigenvalue weighted by Crippen LogP contribution is 1.97. The third-order valence-corrected chi connectivity index (χ3v) is 1.37. The Labute approximate surface area is 63.2 Å². The van der Waals surface area contributed by atoms with E-state index in [4.69, 9.17) is 5.21 Å². The predicted molar refractivity (Wildman–Crippen MR) is 41.2 cm³/mol. The van der Waals surface area contributed by atoms with Crippen molar-refractivity contribution in [3.8, 4) is 0 Å². The van der Waals surface area contributed by atoms with E-state index < -0.39 is 0 Å². The molecule has 1 heterocycles. The molecule has 11 heavy (non-hydrogen) atoms. The molecule has 0 atom stereocenters. The second-order valence-corrected chi connectivity index (χ2v) is 2.18. The summed E-state index contributed by atoms with van der Waals surface area (Å²) >= 11 is 0. The van der Waals surface area contributed by atoms with Gasteiger partial charge in [-0.1, -0.05) is 5.16 Å². The molecule has 0 saturated carbocycles. The van der Waals surface area contributed by atoms with Crippen molar-refractivity contribution in [3.63, 3.8) is 0 Å². The van der Waals surface area contributed by atoms with Gasteiger partial charge in [-0.3, -0.25) is 4.79 Å². The van der Waals surface area contributed by atoms with Gasteiger partial charge in [-0.05, 0) is 12.5 Å². The number of nitrogens with one attached hydrogen (secondary N) is 1. The molecule has 0 aliphatic rings. The number of pyridine rings is 1. The monoisotopic (exact) mass is 152 g/mol. The van der Waals surface area contributed by atoms with Crippen LogP contribution in [-0.2, 0) is 0 Å². The molecular weight excluding hydrogens is 144 g/mol. The van der Waals surface area contributed by atoms with E-state index in [0.717, 1.165) is 5.56 Å². The van der Waals surface area contributed by atoms with Crippen LogP contribution < -0.4 is 5.56 Å². The fourth-order valence-electron chi connectivity index (χ4n) is 0.786. The average Bonchev–Trinajstić information content (AvgIpc) is 1.95. The summed E-state index contributed by atoms with van der Waals surface area (Å²) in [5, 5.41) is 11.0. The lowest BCUT2D eigenvalue weighted by atomic mass is 10.2. The Morgan fingerprint density at radius 3 is 3.00 bits per heavy atom. The van der Waals surface area contributed by atoms with Crippen LogP contribution in [0.2, 0.25) is 0 Å². The van der Waals surface area contributed by atoms with Crippen LogP contribution in [0.4, 0.5) is 0 Å². The zero-order valence-electron chi connectivity index (χ0n) is 6.03. The molecule has 1 rings (SSSR count). The molecule has 0 radical (unpaired) electrons. The number of hydrogen-bond donors (Lipinski definition) is 2. The summed E-state index contributed by atoms with van der Waals surface area (Å²) in [4.78, 5) is 13.2. The summed E-state index contributed by atoms with van der Waals surface area (Å²) in [7, 11) is 0. The van der Waals surface area contributed by atoms with Gasteiger partial charge in [0, 0.05) is 17.8 Å². The zero-order chi connectivity index (χ0) is 8.27. The Kier molecular flexibility index (Phi) is 2.06. The standard InChI is InChI=1S/C7H8N2O2/c1-5-2-7(10)8-3-6(5)4-9-11/h2-4,11H,1H3,(H,8,10)/b9-4-. The van der Waals surface area contributed by atoms with Crippen molar-refractivity contribution in [3.05, 3.63) is 33.7 Å². The van der Waals surface area contributed by atoms with Gasteiger partial charge in [0.05, 0.1) is 6.21 Å². The van der Waals surface area contributed by atoms with Crippen molar-refractivity contribution in [2.24, 2.45) is 5.16 Å². The van der Waals surface area contributed by atoms with E-state index in [1.807, 2.05) is 0 Å². The molecule has 0 saturated heterocycles. The van der Waals surface area contributed by atoms with Gasteiger partial charge < -0.3 is 10.2 Å². The molecule has 0 unspecified atom stereocenters. The molecule has 0 aromatic carbocycles. The van der Waals surface area contributed by atoms with Crippen LogP contribution in [0.3, 0.4) is 0 Å². The smallest absolute Gasteiger partial charge is 0.248 e. The van der Waals surface area contributed by atoms with Crippen molar-refractivity contribution in [1.82, 2.24) is 4.98 Å². The zero-order valence-corrected chi connectivity index (χ0v) is 6.03. The van der Waals surface area contributed by atoms with E-state index >= 15 is 0 Å². The van der Waals surface area contributed by atoms with Crippen molar-refractivity contribution >= 4 is 6.21 Å². The third-order valence-electron chi connectivity index (χ3n) is 1.37. The first-order chi connectivity index (χ1) is 5.24. The van der Waals surface area contributed by atoms with Gasteiger partial charge in [-0.25, -0.2) is 0 Å². The number of oxime groups is 1. The predicted octanol–water partition coefficient (Wildman–Crippen LogP) is 0.491. The van der Waals surface area contributed by atoms with Gasteiger partial charge in [-0.2, -0.15) is 0 Å². The molecule has 4 nitrogen and oxygen atoms in total. The Bertz CT molecular complexity index is 327. The lowest BCUT2D eigenvalue weighted by Gasteiger charge is -1.94. The number of aromatic nitrogens is 1. The first-order valence-corrected chi connectivity index (χ1v) is 3.11. The summed E-state index contributed by atoms with van der Waals surface area (Å²) in [6.45, 7) is 1.77. The molecule has 0 aliphatic heterocycles. The molecule has 4 heteroatoms. The molecular formula is C7H8N2O2. The Morgan fingerprint density at radius 1 is 1.73 bits per heavy atom. The number of rotatable bonds is 1. The molecule has 0 bridgehead atoms. The van der Waals surface area contributed by atoms with Crippen molar-refractivity contribution in [2.75, 3.05) is 0 Å². The Morgan fingerprint density at radius 2 is 2.45 bits per heavy atom. The van der Waals surface area contributed by atoms with Crippen LogP contribution in [0.1, 0.15) is 11.1 Å². The van der Waals surface area contributed by atoms with Crippen LogP contribution in [0.5, 0.6) is 0 Å². The lowest BCUT2D eigenvalue weighted by molar-refractivity contribution is 0.322. The molecule has 1 aromatic rings. The maximum atomic E-state index is 10.7. The number of nitrogens with zero attached hydrogens (tertiary/aromatic N) is 1. The molecule has 0 aliphatic carbocycles. The first kappa shape index (κ1) is 7.53. The molecule has 58 valence electrons. The summed E-state index contributed by atoms with van der Waals surface area (Å²) < 4.78 is 0. The van der Waals surface area contributed by atoms with Crippen LogP contribution in [-0.4, -0.2) is 16.4 Å². The number of H-pyrrole nitrogens is 1. The van der Waals surface area contributed by atoms with Gasteiger partial charge in [0.1, 0.15) is 0 Å². The van der Waals surface area contributed by atoms with Crippen molar-refractivity contribution in [1.29, 1.82) is 0 Å². The maximum absolute atomic E-state index is 10.7. The lowest BCUT2D eigenvalue weighted by Crippen LogP contribution is -2.05. The third kappa shape index (κ3) is 1.67. The van der Waals surface area contributed by atoms with E-state index in [1.54, 1.807) is 6.92 Å². The van der Waals surface area contributed by atoms with Crippen molar-refractivity contribution < 1.29 is 5.21 Å². The first-order valence-electron chi connectivity index (χ1n) is 3.11. The molecule has 0 amide bonds. The fraction of sp³-hybridized carbons (Fsp3) is 0.143. The minimum atomic E-state index is -0.155. The Balaban J connectivity index is 3.19. The summed E-state index contributed by atoms with van der Waals surface area (Å²) in [5.41, 5.74) is 1.33. The van der Waals surface area contributed by atoms with Crippen LogP contribution in [0.15, 0.2) is 22.2 Å². The van der Waals surface area contributed by atoms with E-state index in [1.165, 1.54) is 18.5 Å². The molecule has 1 aromatic heterocycles. The number of hydrogen-bond acceptors (Lipinski definition) is 3. The quantitative estimate of drug-likeness (QED) is 0.349. The van der Waals surface area contributed by atoms with E-state index in [2.05, 4.69) is 10.1 Å². The van der Waals surface area contributed by atoms with E-state index in [9.17, 15) is 4.79 Å². The van der Waals surface area contributed by atoms with E-state index in [-0.39, 0.29) is 5.56 Å². The Hall–Kier alpha value is -1.58. The van der Waals surface area contributed by atoms with Gasteiger partial charge >= 0.3 is 0 Å². The van der Waals surface area contributed by atoms with Crippen LogP contribution in [0, 0.1) is 6.92 Å². The van der Waals surface area contributed by atoms with Crippen LogP contribution >= 0.6 is 0 Å². The summed E-state index contributed by atoms with van der Waals surface area (Å²) in [6, 6.07) is 1.44. The number of aryl methyl sites for hydroxylation is 1. The molecule has 2 N–H and O–H groups in total. The van der Waals surface area contributed by atoms with Crippen LogP contribution in [0.25, 0.3) is 0 Å². The highest BCUT2D eigenvalue weighted by molar-refractivity contribution is 5.80. The topological polar surface area (TPSA) is 65.5 Å². The van der Waals surface area contributed by atoms with Crippen molar-refractivity contribution in [2.45, 2.75) is 6.92 Å². The minimum Gasteiger partial charge on any atom is -0.411 e. The van der Waals surface area contributed by atoms with Gasteiger partial charge in [0.25, 0.3) is 0 Å². The number of aromatic amines is 1. The summed E-state index contributed by atoms with van der Waals surface area (Å²) in [6.07, 6.45) is 2.77. The van der Waals surface area contributed by atoms with Gasteiger partial charge in [-0.15, -0.1) is 0 Å². The second kappa shape index (κ2) is 3.01. The highest BCUT2D eigenvalue weighted by atomic mass is 16.4. The SMILES string of the molecule is Cc1cc(=O)[nH]cc1/C=N\O.